The molecular weight excluding hydrogens is 358 g/mol. The van der Waals surface area contributed by atoms with Crippen molar-refractivity contribution in [1.82, 2.24) is 0 Å². The number of nitrogens with one attached hydrogen (secondary N) is 1. The number of hydrogen-bond donors (Lipinski definition) is 1. The number of amides is 1. The summed E-state index contributed by atoms with van der Waals surface area (Å²) in [6.45, 7) is 2.07. The number of carbonyl (C=O) groups is 2. The van der Waals surface area contributed by atoms with Gasteiger partial charge in [-0.1, -0.05) is 55.8 Å². The van der Waals surface area contributed by atoms with Gasteiger partial charge >= 0.3 is 5.30 Å². The van der Waals surface area contributed by atoms with Gasteiger partial charge in [0.1, 0.15) is 5.75 Å². The van der Waals surface area contributed by atoms with E-state index in [1.807, 2.05) is 54.6 Å². The molecule has 0 fully saturated rings. The van der Waals surface area contributed by atoms with Crippen LogP contribution in [0, 0.1) is 0 Å². The third-order valence-electron chi connectivity index (χ3n) is 4.04. The highest BCUT2D eigenvalue weighted by Gasteiger charge is 2.17. The molecule has 0 aromatic heterocycles. The summed E-state index contributed by atoms with van der Waals surface area (Å²) in [6, 6.07) is 20.4. The van der Waals surface area contributed by atoms with Crippen LogP contribution in [0.4, 0.5) is 10.5 Å². The van der Waals surface area contributed by atoms with E-state index in [2.05, 4.69) is 12.2 Å². The van der Waals surface area contributed by atoms with Crippen LogP contribution >= 0.6 is 11.8 Å². The van der Waals surface area contributed by atoms with Gasteiger partial charge in [0, 0.05) is 11.4 Å². The Balaban J connectivity index is 1.89. The topological polar surface area (TPSA) is 55.4 Å². The van der Waals surface area contributed by atoms with Crippen LogP contribution in [0.1, 0.15) is 30.1 Å². The fourth-order valence-corrected chi connectivity index (χ4v) is 3.37. The van der Waals surface area contributed by atoms with Gasteiger partial charge in [-0.05, 0) is 53.2 Å². The average Bonchev–Trinajstić information content (AvgIpc) is 2.68. The quantitative estimate of drug-likeness (QED) is 0.414. The van der Waals surface area contributed by atoms with Crippen molar-refractivity contribution in [2.75, 3.05) is 11.1 Å². The summed E-state index contributed by atoms with van der Waals surface area (Å²) in [6.07, 6.45) is 1.96. The first-order valence-electron chi connectivity index (χ1n) is 8.91. The van der Waals surface area contributed by atoms with Crippen LogP contribution in [0.25, 0.3) is 10.8 Å². The number of carbonyl (C=O) groups excluding carboxylic acids is 2. The molecular formula is C22H21NO3S. The molecule has 0 spiro atoms. The number of thioether (sulfide) groups is 1. The summed E-state index contributed by atoms with van der Waals surface area (Å²) in [5.41, 5.74) is 1.02. The highest BCUT2D eigenvalue weighted by molar-refractivity contribution is 8.13. The number of fused-ring (bicyclic) bond motifs is 1. The Bertz CT molecular complexity index is 941. The van der Waals surface area contributed by atoms with E-state index in [0.29, 0.717) is 17.0 Å². The van der Waals surface area contributed by atoms with Crippen molar-refractivity contribution in [2.24, 2.45) is 0 Å². The fourth-order valence-electron chi connectivity index (χ4n) is 2.62. The Morgan fingerprint density at radius 1 is 0.963 bits per heavy atom. The summed E-state index contributed by atoms with van der Waals surface area (Å²) in [5.74, 6) is 0.665. The first-order valence-corrected chi connectivity index (χ1v) is 9.89. The van der Waals surface area contributed by atoms with Crippen LogP contribution in [0.15, 0.2) is 66.7 Å². The van der Waals surface area contributed by atoms with Crippen molar-refractivity contribution < 1.29 is 14.3 Å². The number of anilines is 1. The van der Waals surface area contributed by atoms with Crippen molar-refractivity contribution in [2.45, 2.75) is 19.8 Å². The molecule has 0 heterocycles. The molecule has 4 nitrogen and oxygen atoms in total. The Morgan fingerprint density at radius 2 is 1.63 bits per heavy atom. The summed E-state index contributed by atoms with van der Waals surface area (Å²) in [5, 5.41) is 4.28. The van der Waals surface area contributed by atoms with Crippen molar-refractivity contribution in [3.63, 3.8) is 0 Å². The Hall–Kier alpha value is -2.79. The minimum Gasteiger partial charge on any atom is -0.418 e. The first kappa shape index (κ1) is 19.0. The van der Waals surface area contributed by atoms with Crippen LogP contribution < -0.4 is 10.1 Å². The van der Waals surface area contributed by atoms with E-state index in [4.69, 9.17) is 4.74 Å². The molecule has 0 radical (unpaired) electrons. The molecule has 3 rings (SSSR count). The van der Waals surface area contributed by atoms with Gasteiger partial charge in [-0.25, -0.2) is 4.79 Å². The third kappa shape index (κ3) is 5.11. The van der Waals surface area contributed by atoms with Gasteiger partial charge in [0.15, 0.2) is 0 Å². The lowest BCUT2D eigenvalue weighted by Crippen LogP contribution is -2.14. The minimum absolute atomic E-state index is 0.274. The maximum atomic E-state index is 12.8. The lowest BCUT2D eigenvalue weighted by Gasteiger charge is -2.12. The minimum atomic E-state index is -0.396. The van der Waals surface area contributed by atoms with E-state index in [1.54, 1.807) is 12.1 Å². The summed E-state index contributed by atoms with van der Waals surface area (Å²) in [7, 11) is 0. The molecule has 0 unspecified atom stereocenters. The number of ether oxygens (including phenoxy) is 1. The molecule has 0 saturated heterocycles. The van der Waals surface area contributed by atoms with Crippen LogP contribution in [-0.4, -0.2) is 17.0 Å². The van der Waals surface area contributed by atoms with E-state index in [0.717, 1.165) is 35.4 Å². The monoisotopic (exact) mass is 379 g/mol. The van der Waals surface area contributed by atoms with Crippen LogP contribution in [0.2, 0.25) is 0 Å². The zero-order valence-electron chi connectivity index (χ0n) is 15.1. The largest absolute Gasteiger partial charge is 0.418 e. The van der Waals surface area contributed by atoms with E-state index in [9.17, 15) is 9.59 Å². The third-order valence-corrected chi connectivity index (χ3v) is 4.85. The van der Waals surface area contributed by atoms with E-state index in [-0.39, 0.29) is 11.7 Å². The zero-order valence-corrected chi connectivity index (χ0v) is 15.9. The van der Waals surface area contributed by atoms with Crippen molar-refractivity contribution in [1.29, 1.82) is 0 Å². The van der Waals surface area contributed by atoms with Crippen LogP contribution in [-0.2, 0) is 0 Å². The molecule has 27 heavy (non-hydrogen) atoms. The van der Waals surface area contributed by atoms with Gasteiger partial charge in [-0.15, -0.1) is 0 Å². The molecule has 0 aliphatic heterocycles. The fraction of sp³-hybridized carbons (Fsp3) is 0.182. The standard InChI is InChI=1S/C22H21NO3S/c1-2-3-13-27-22(25)26-20-15-17-10-8-7-9-16(17)14-19(20)21(24)23-18-11-5-4-6-12-18/h4-12,14-15H,2-3,13H2,1H3,(H,23,24). The predicted molar refractivity (Wildman–Crippen MR) is 112 cm³/mol. The Labute approximate surface area is 162 Å². The van der Waals surface area contributed by atoms with Gasteiger partial charge < -0.3 is 10.1 Å². The highest BCUT2D eigenvalue weighted by atomic mass is 32.2. The number of hydrogen-bond acceptors (Lipinski definition) is 4. The predicted octanol–water partition coefficient (Wildman–Crippen LogP) is 6.12. The zero-order chi connectivity index (χ0) is 19.1. The maximum absolute atomic E-state index is 12.8. The van der Waals surface area contributed by atoms with Crippen LogP contribution in [0.5, 0.6) is 5.75 Å². The second-order valence-corrected chi connectivity index (χ2v) is 7.10. The van der Waals surface area contributed by atoms with Crippen molar-refractivity contribution in [3.05, 3.63) is 72.3 Å². The first-order chi connectivity index (χ1) is 13.2. The lowest BCUT2D eigenvalue weighted by atomic mass is 10.1. The molecule has 5 heteroatoms. The van der Waals surface area contributed by atoms with Gasteiger partial charge in [-0.2, -0.15) is 0 Å². The molecule has 0 atom stereocenters. The number of unbranched alkanes of at least 4 members (excludes halogenated alkanes) is 1. The molecule has 1 amide bonds. The molecule has 3 aromatic rings. The second-order valence-electron chi connectivity index (χ2n) is 6.07. The summed E-state index contributed by atoms with van der Waals surface area (Å²) >= 11 is 1.13. The lowest BCUT2D eigenvalue weighted by molar-refractivity contribution is 0.102. The number of para-hydroxylation sites is 1. The maximum Gasteiger partial charge on any atom is 0.372 e. The molecule has 0 saturated carbocycles. The Kier molecular flexibility index (Phi) is 6.49. The van der Waals surface area contributed by atoms with Gasteiger partial charge in [-0.3, -0.25) is 4.79 Å². The molecule has 0 aliphatic rings. The smallest absolute Gasteiger partial charge is 0.372 e. The summed E-state index contributed by atoms with van der Waals surface area (Å²) in [4.78, 5) is 25.0. The summed E-state index contributed by atoms with van der Waals surface area (Å²) < 4.78 is 5.52. The normalized spacial score (nSPS) is 10.6. The van der Waals surface area contributed by atoms with Crippen molar-refractivity contribution >= 4 is 39.4 Å². The average molecular weight is 379 g/mol. The van der Waals surface area contributed by atoms with E-state index >= 15 is 0 Å². The number of rotatable bonds is 6. The molecule has 0 aliphatic carbocycles. The number of benzene rings is 3. The highest BCUT2D eigenvalue weighted by Crippen LogP contribution is 2.28. The van der Waals surface area contributed by atoms with Gasteiger partial charge in [0.25, 0.3) is 5.91 Å². The molecule has 1 N–H and O–H groups in total. The second kappa shape index (κ2) is 9.24. The van der Waals surface area contributed by atoms with E-state index < -0.39 is 5.30 Å². The Morgan fingerprint density at radius 3 is 2.33 bits per heavy atom. The molecule has 0 bridgehead atoms. The molecule has 138 valence electrons. The van der Waals surface area contributed by atoms with Gasteiger partial charge in [0.05, 0.1) is 5.56 Å². The van der Waals surface area contributed by atoms with Crippen molar-refractivity contribution in [3.8, 4) is 5.75 Å². The van der Waals surface area contributed by atoms with Gasteiger partial charge in [0.2, 0.25) is 0 Å². The SMILES string of the molecule is CCCCSC(=O)Oc1cc2ccccc2cc1C(=O)Nc1ccccc1. The van der Waals surface area contributed by atoms with Crippen LogP contribution in [0.3, 0.4) is 0 Å². The molecule has 3 aromatic carbocycles. The van der Waals surface area contributed by atoms with E-state index in [1.165, 1.54) is 0 Å².